The van der Waals surface area contributed by atoms with Gasteiger partial charge in [-0.25, -0.2) is 14.8 Å². The third-order valence-corrected chi connectivity index (χ3v) is 4.37. The number of halogens is 1. The second-order valence-corrected chi connectivity index (χ2v) is 6.14. The topological polar surface area (TPSA) is 102 Å². The summed E-state index contributed by atoms with van der Waals surface area (Å²) in [5, 5.41) is 0.359. The third kappa shape index (κ3) is 4.20. The van der Waals surface area contributed by atoms with Gasteiger partial charge in [-0.2, -0.15) is 0 Å². The summed E-state index contributed by atoms with van der Waals surface area (Å²) in [5.41, 5.74) is 6.20. The molecule has 1 aromatic carbocycles. The quantitative estimate of drug-likeness (QED) is 0.633. The number of carbonyl (C=O) groups excluding carboxylic acids is 2. The maximum atomic E-state index is 12.3. The van der Waals surface area contributed by atoms with Crippen molar-refractivity contribution in [1.29, 1.82) is 0 Å². The summed E-state index contributed by atoms with van der Waals surface area (Å²) >= 11 is 5.82. The summed E-state index contributed by atoms with van der Waals surface area (Å²) < 4.78 is 5.08. The number of nitrogens with two attached hydrogens (primary N) is 1. The van der Waals surface area contributed by atoms with Crippen LogP contribution in [0.5, 0.6) is 0 Å². The van der Waals surface area contributed by atoms with Crippen LogP contribution >= 0.6 is 11.6 Å². The Hall–Kier alpha value is -2.87. The molecule has 0 spiro atoms. The molecule has 8 nitrogen and oxygen atoms in total. The first-order valence-electron chi connectivity index (χ1n) is 8.06. The van der Waals surface area contributed by atoms with Gasteiger partial charge in [-0.15, -0.1) is 0 Å². The first-order chi connectivity index (χ1) is 12.5. The fraction of sp³-hybridized carbons (Fsp3) is 0.294. The number of hydrogen-bond donors (Lipinski definition) is 1. The largest absolute Gasteiger partial charge is 0.452 e. The molecule has 3 rings (SSSR count). The Morgan fingerprint density at radius 3 is 2.50 bits per heavy atom. The van der Waals surface area contributed by atoms with Gasteiger partial charge in [0.2, 0.25) is 5.95 Å². The standard InChI is InChI=1S/C17H18ClN5O3/c18-13-3-2-12(10-14(13)19)16(25)26-11-15(24)22-6-8-23(9-7-22)17-20-4-1-5-21-17/h1-5,10H,6-9,11,19H2. The van der Waals surface area contributed by atoms with Crippen molar-refractivity contribution < 1.29 is 14.3 Å². The number of benzene rings is 1. The van der Waals surface area contributed by atoms with Gasteiger partial charge < -0.3 is 20.3 Å². The van der Waals surface area contributed by atoms with Crippen molar-refractivity contribution in [2.75, 3.05) is 43.4 Å². The fourth-order valence-corrected chi connectivity index (χ4v) is 2.70. The molecular weight excluding hydrogens is 358 g/mol. The molecule has 2 N–H and O–H groups in total. The Labute approximate surface area is 155 Å². The molecule has 0 saturated carbocycles. The van der Waals surface area contributed by atoms with E-state index in [1.807, 2.05) is 4.90 Å². The summed E-state index contributed by atoms with van der Waals surface area (Å²) in [6.45, 7) is 1.96. The summed E-state index contributed by atoms with van der Waals surface area (Å²) in [4.78, 5) is 36.3. The zero-order chi connectivity index (χ0) is 18.5. The Morgan fingerprint density at radius 1 is 1.15 bits per heavy atom. The van der Waals surface area contributed by atoms with Gasteiger partial charge in [-0.1, -0.05) is 11.6 Å². The van der Waals surface area contributed by atoms with Gasteiger partial charge in [-0.05, 0) is 24.3 Å². The number of ether oxygens (including phenoxy) is 1. The van der Waals surface area contributed by atoms with Crippen LogP contribution in [0.2, 0.25) is 5.02 Å². The molecule has 2 aromatic rings. The molecule has 9 heteroatoms. The van der Waals surface area contributed by atoms with Crippen LogP contribution in [-0.4, -0.2) is 59.5 Å². The van der Waals surface area contributed by atoms with Crippen molar-refractivity contribution in [1.82, 2.24) is 14.9 Å². The molecule has 1 aliphatic rings. The first-order valence-corrected chi connectivity index (χ1v) is 8.44. The average Bonchev–Trinajstić information content (AvgIpc) is 2.68. The van der Waals surface area contributed by atoms with Crippen molar-refractivity contribution in [3.05, 3.63) is 47.2 Å². The lowest BCUT2D eigenvalue weighted by atomic mass is 10.2. The molecule has 26 heavy (non-hydrogen) atoms. The highest BCUT2D eigenvalue weighted by atomic mass is 35.5. The predicted octanol–water partition coefficient (Wildman–Crippen LogP) is 1.22. The minimum absolute atomic E-state index is 0.242. The zero-order valence-corrected chi connectivity index (χ0v) is 14.7. The maximum absolute atomic E-state index is 12.3. The Bertz CT molecular complexity index is 794. The van der Waals surface area contributed by atoms with E-state index in [1.54, 1.807) is 23.4 Å². The molecule has 136 valence electrons. The van der Waals surface area contributed by atoms with E-state index in [-0.39, 0.29) is 23.8 Å². The van der Waals surface area contributed by atoms with Crippen LogP contribution in [0.15, 0.2) is 36.7 Å². The van der Waals surface area contributed by atoms with E-state index in [9.17, 15) is 9.59 Å². The van der Waals surface area contributed by atoms with Crippen LogP contribution < -0.4 is 10.6 Å². The molecule has 0 unspecified atom stereocenters. The maximum Gasteiger partial charge on any atom is 0.338 e. The lowest BCUT2D eigenvalue weighted by Gasteiger charge is -2.34. The van der Waals surface area contributed by atoms with E-state index < -0.39 is 5.97 Å². The number of amides is 1. The number of rotatable bonds is 4. The van der Waals surface area contributed by atoms with Gasteiger partial charge in [0.05, 0.1) is 16.3 Å². The molecule has 1 aliphatic heterocycles. The summed E-state index contributed by atoms with van der Waals surface area (Å²) in [6, 6.07) is 6.20. The fourth-order valence-electron chi connectivity index (χ4n) is 2.58. The van der Waals surface area contributed by atoms with Crippen LogP contribution in [0.4, 0.5) is 11.6 Å². The lowest BCUT2D eigenvalue weighted by molar-refractivity contribution is -0.134. The van der Waals surface area contributed by atoms with Gasteiger partial charge in [0.1, 0.15) is 0 Å². The smallest absolute Gasteiger partial charge is 0.338 e. The normalized spacial score (nSPS) is 14.2. The van der Waals surface area contributed by atoms with Gasteiger partial charge in [0.15, 0.2) is 6.61 Å². The molecule has 1 aromatic heterocycles. The van der Waals surface area contributed by atoms with Crippen molar-refractivity contribution in [3.63, 3.8) is 0 Å². The number of hydrogen-bond acceptors (Lipinski definition) is 7. The number of anilines is 2. The molecular formula is C17H18ClN5O3. The van der Waals surface area contributed by atoms with Crippen LogP contribution in [0.25, 0.3) is 0 Å². The minimum Gasteiger partial charge on any atom is -0.452 e. The zero-order valence-electron chi connectivity index (χ0n) is 14.0. The molecule has 1 fully saturated rings. The summed E-state index contributed by atoms with van der Waals surface area (Å²) in [7, 11) is 0. The molecule has 1 saturated heterocycles. The Morgan fingerprint density at radius 2 is 1.85 bits per heavy atom. The van der Waals surface area contributed by atoms with Crippen LogP contribution in [0.3, 0.4) is 0 Å². The minimum atomic E-state index is -0.613. The molecule has 0 atom stereocenters. The second-order valence-electron chi connectivity index (χ2n) is 5.73. The molecule has 0 radical (unpaired) electrons. The van der Waals surface area contributed by atoms with Crippen LogP contribution in [0, 0.1) is 0 Å². The Kier molecular flexibility index (Phi) is 5.52. The van der Waals surface area contributed by atoms with Crippen LogP contribution in [-0.2, 0) is 9.53 Å². The van der Waals surface area contributed by atoms with Crippen molar-refractivity contribution >= 4 is 35.1 Å². The highest BCUT2D eigenvalue weighted by molar-refractivity contribution is 6.33. The average molecular weight is 376 g/mol. The van der Waals surface area contributed by atoms with Gasteiger partial charge in [-0.3, -0.25) is 4.79 Å². The number of aromatic nitrogens is 2. The van der Waals surface area contributed by atoms with E-state index in [2.05, 4.69) is 9.97 Å². The summed E-state index contributed by atoms with van der Waals surface area (Å²) in [5.74, 6) is -0.210. The molecule has 2 heterocycles. The number of nitrogens with zero attached hydrogens (tertiary/aromatic N) is 4. The van der Waals surface area contributed by atoms with Gasteiger partial charge in [0, 0.05) is 38.6 Å². The van der Waals surface area contributed by atoms with Crippen LogP contribution in [0.1, 0.15) is 10.4 Å². The number of carbonyl (C=O) groups is 2. The number of piperazine rings is 1. The van der Waals surface area contributed by atoms with Gasteiger partial charge in [0.25, 0.3) is 5.91 Å². The number of nitrogen functional groups attached to an aromatic ring is 1. The second kappa shape index (κ2) is 8.01. The van der Waals surface area contributed by atoms with E-state index >= 15 is 0 Å². The molecule has 0 bridgehead atoms. The summed E-state index contributed by atoms with van der Waals surface area (Å²) in [6.07, 6.45) is 3.37. The highest BCUT2D eigenvalue weighted by Gasteiger charge is 2.23. The first kappa shape index (κ1) is 17.9. The van der Waals surface area contributed by atoms with E-state index in [4.69, 9.17) is 22.1 Å². The SMILES string of the molecule is Nc1cc(C(=O)OCC(=O)N2CCN(c3ncccn3)CC2)ccc1Cl. The Balaban J connectivity index is 1.48. The lowest BCUT2D eigenvalue weighted by Crippen LogP contribution is -2.50. The number of esters is 1. The molecule has 1 amide bonds. The van der Waals surface area contributed by atoms with E-state index in [0.29, 0.717) is 37.1 Å². The van der Waals surface area contributed by atoms with E-state index in [1.165, 1.54) is 18.2 Å². The monoisotopic (exact) mass is 375 g/mol. The van der Waals surface area contributed by atoms with Crippen molar-refractivity contribution in [2.45, 2.75) is 0 Å². The van der Waals surface area contributed by atoms with Crippen molar-refractivity contribution in [3.8, 4) is 0 Å². The molecule has 0 aliphatic carbocycles. The third-order valence-electron chi connectivity index (χ3n) is 4.03. The predicted molar refractivity (Wildman–Crippen MR) is 97.0 cm³/mol. The van der Waals surface area contributed by atoms with Gasteiger partial charge >= 0.3 is 5.97 Å². The van der Waals surface area contributed by atoms with Crippen molar-refractivity contribution in [2.24, 2.45) is 0 Å². The van der Waals surface area contributed by atoms with E-state index in [0.717, 1.165) is 0 Å². The highest BCUT2D eigenvalue weighted by Crippen LogP contribution is 2.20.